The number of amides is 1. The Balaban J connectivity index is 1.22. The molecule has 0 spiro atoms. The van der Waals surface area contributed by atoms with Crippen molar-refractivity contribution >= 4 is 16.9 Å². The van der Waals surface area contributed by atoms with Crippen LogP contribution in [-0.2, 0) is 6.54 Å². The number of aromatic amines is 2. The van der Waals surface area contributed by atoms with Gasteiger partial charge in [-0.1, -0.05) is 36.4 Å². The third kappa shape index (κ3) is 4.80. The number of carbonyl (C=O) groups is 1. The molecule has 39 heavy (non-hydrogen) atoms. The number of ether oxygens (including phenoxy) is 1. The number of carbonyl (C=O) groups excluding carboxylic acids is 1. The van der Waals surface area contributed by atoms with Gasteiger partial charge in [0.05, 0.1) is 41.6 Å². The van der Waals surface area contributed by atoms with E-state index in [1.54, 1.807) is 43.6 Å². The largest absolute Gasteiger partial charge is 0.507 e. The molecular weight excluding hydrogens is 492 g/mol. The van der Waals surface area contributed by atoms with Crippen molar-refractivity contribution in [2.75, 3.05) is 7.11 Å². The van der Waals surface area contributed by atoms with Gasteiger partial charge in [0.25, 0.3) is 5.91 Å². The molecule has 0 aliphatic heterocycles. The molecule has 3 aromatic carbocycles. The lowest BCUT2D eigenvalue weighted by Gasteiger charge is -2.09. The van der Waals surface area contributed by atoms with E-state index < -0.39 is 0 Å². The zero-order valence-electron chi connectivity index (χ0n) is 21.0. The number of nitrogens with one attached hydrogen (secondary N) is 3. The monoisotopic (exact) mass is 516 g/mol. The van der Waals surface area contributed by atoms with Gasteiger partial charge >= 0.3 is 0 Å². The first-order valence-electron chi connectivity index (χ1n) is 12.3. The summed E-state index contributed by atoms with van der Waals surface area (Å²) in [6.07, 6.45) is 1.66. The average molecular weight is 517 g/mol. The van der Waals surface area contributed by atoms with Crippen molar-refractivity contribution in [2.45, 2.75) is 6.54 Å². The Morgan fingerprint density at radius 1 is 0.949 bits per heavy atom. The number of hydrogen-bond acceptors (Lipinski definition) is 6. The minimum absolute atomic E-state index is 0.0769. The summed E-state index contributed by atoms with van der Waals surface area (Å²) in [6, 6.07) is 26.0. The molecule has 0 aliphatic rings. The van der Waals surface area contributed by atoms with Crippen LogP contribution in [0.1, 0.15) is 16.1 Å². The van der Waals surface area contributed by atoms with Crippen LogP contribution in [0.25, 0.3) is 44.8 Å². The van der Waals surface area contributed by atoms with Gasteiger partial charge in [-0.25, -0.2) is 9.97 Å². The van der Waals surface area contributed by atoms with E-state index >= 15 is 0 Å². The molecule has 9 heteroatoms. The van der Waals surface area contributed by atoms with Gasteiger partial charge in [0.1, 0.15) is 11.6 Å². The Morgan fingerprint density at radius 3 is 2.67 bits per heavy atom. The highest BCUT2D eigenvalue weighted by Gasteiger charge is 2.15. The highest BCUT2D eigenvalue weighted by Crippen LogP contribution is 2.35. The van der Waals surface area contributed by atoms with Gasteiger partial charge in [0.2, 0.25) is 5.88 Å². The van der Waals surface area contributed by atoms with Crippen LogP contribution >= 0.6 is 0 Å². The fourth-order valence-electron chi connectivity index (χ4n) is 4.43. The van der Waals surface area contributed by atoms with Crippen molar-refractivity contribution in [3.63, 3.8) is 0 Å². The van der Waals surface area contributed by atoms with E-state index in [-0.39, 0.29) is 11.7 Å². The molecule has 0 bridgehead atoms. The number of hydrogen-bond donors (Lipinski definition) is 4. The first kappa shape index (κ1) is 23.9. The molecule has 0 radical (unpaired) electrons. The number of H-pyrrole nitrogens is 2. The van der Waals surface area contributed by atoms with Crippen molar-refractivity contribution in [3.8, 4) is 45.4 Å². The molecule has 0 atom stereocenters. The first-order chi connectivity index (χ1) is 19.1. The minimum Gasteiger partial charge on any atom is -0.507 e. The van der Waals surface area contributed by atoms with Crippen LogP contribution in [-0.4, -0.2) is 43.3 Å². The summed E-state index contributed by atoms with van der Waals surface area (Å²) in [6.45, 7) is 0.309. The Bertz CT molecular complexity index is 1790. The molecule has 0 aliphatic carbocycles. The summed E-state index contributed by atoms with van der Waals surface area (Å²) < 4.78 is 5.39. The number of pyridine rings is 1. The van der Waals surface area contributed by atoms with Crippen LogP contribution in [0.5, 0.6) is 11.6 Å². The van der Waals surface area contributed by atoms with Crippen LogP contribution < -0.4 is 10.1 Å². The second kappa shape index (κ2) is 10.1. The van der Waals surface area contributed by atoms with E-state index in [1.807, 2.05) is 54.6 Å². The van der Waals surface area contributed by atoms with E-state index in [0.29, 0.717) is 40.4 Å². The number of phenols is 1. The smallest absolute Gasteiger partial charge is 0.251 e. The van der Waals surface area contributed by atoms with Crippen LogP contribution in [0.2, 0.25) is 0 Å². The van der Waals surface area contributed by atoms with Gasteiger partial charge in [-0.05, 0) is 54.1 Å². The van der Waals surface area contributed by atoms with E-state index in [1.165, 1.54) is 0 Å². The van der Waals surface area contributed by atoms with Gasteiger partial charge in [0.15, 0.2) is 0 Å². The maximum absolute atomic E-state index is 12.9. The van der Waals surface area contributed by atoms with Gasteiger partial charge in [-0.2, -0.15) is 5.10 Å². The number of benzene rings is 3. The summed E-state index contributed by atoms with van der Waals surface area (Å²) in [5.74, 6) is 0.821. The number of rotatable bonds is 7. The van der Waals surface area contributed by atoms with Gasteiger partial charge in [0, 0.05) is 22.9 Å². The number of aromatic nitrogens is 5. The molecule has 1 amide bonds. The lowest BCUT2D eigenvalue weighted by molar-refractivity contribution is 0.0950. The van der Waals surface area contributed by atoms with E-state index in [9.17, 15) is 9.90 Å². The maximum Gasteiger partial charge on any atom is 0.251 e. The number of aromatic hydroxyl groups is 1. The molecule has 9 nitrogen and oxygen atoms in total. The van der Waals surface area contributed by atoms with Crippen LogP contribution in [0.4, 0.5) is 0 Å². The van der Waals surface area contributed by atoms with Crippen molar-refractivity contribution in [3.05, 3.63) is 102 Å². The molecule has 3 heterocycles. The van der Waals surface area contributed by atoms with Gasteiger partial charge < -0.3 is 20.1 Å². The number of phenolic OH excluding ortho intramolecular Hbond substituents is 1. The third-order valence-electron chi connectivity index (χ3n) is 6.41. The van der Waals surface area contributed by atoms with Crippen molar-refractivity contribution in [1.82, 2.24) is 30.5 Å². The summed E-state index contributed by atoms with van der Waals surface area (Å²) in [5, 5.41) is 20.8. The van der Waals surface area contributed by atoms with Crippen molar-refractivity contribution in [2.24, 2.45) is 0 Å². The van der Waals surface area contributed by atoms with E-state index in [4.69, 9.17) is 4.74 Å². The Morgan fingerprint density at radius 2 is 1.82 bits per heavy atom. The van der Waals surface area contributed by atoms with E-state index in [2.05, 4.69) is 30.5 Å². The zero-order valence-corrected chi connectivity index (χ0v) is 21.0. The standard InChI is InChI=1S/C30H24N6O3/c1-39-30-22(8-5-13-31-30)19-10-12-27(37)23(14-19)28-33-24-11-9-20(15-26(24)34-28)29(38)32-17-21-16-25(36-35-21)18-6-3-2-4-7-18/h2-16,37H,17H2,1H3,(H,32,38)(H,33,34)(H,35,36). The van der Waals surface area contributed by atoms with Crippen LogP contribution in [0.3, 0.4) is 0 Å². The summed E-state index contributed by atoms with van der Waals surface area (Å²) in [7, 11) is 1.57. The first-order valence-corrected chi connectivity index (χ1v) is 12.3. The molecule has 4 N–H and O–H groups in total. The number of nitrogens with zero attached hydrogens (tertiary/aromatic N) is 3. The van der Waals surface area contributed by atoms with Crippen LogP contribution in [0.15, 0.2) is 91.1 Å². The Hall–Kier alpha value is -5.44. The predicted molar refractivity (Wildman–Crippen MR) is 148 cm³/mol. The minimum atomic E-state index is -0.225. The fraction of sp³-hybridized carbons (Fsp3) is 0.0667. The molecule has 6 rings (SSSR count). The summed E-state index contributed by atoms with van der Waals surface area (Å²) in [4.78, 5) is 25.0. The molecular formula is C30H24N6O3. The quantitative estimate of drug-likeness (QED) is 0.227. The lowest BCUT2D eigenvalue weighted by atomic mass is 10.0. The SMILES string of the molecule is COc1ncccc1-c1ccc(O)c(-c2nc3ccc(C(=O)NCc4cc(-c5ccccc5)n[nH]4)cc3[nH]2)c1. The molecule has 192 valence electrons. The average Bonchev–Trinajstić information content (AvgIpc) is 3.63. The highest BCUT2D eigenvalue weighted by molar-refractivity contribution is 5.97. The van der Waals surface area contributed by atoms with Gasteiger partial charge in [-0.15, -0.1) is 0 Å². The molecule has 0 unspecified atom stereocenters. The molecule has 3 aromatic heterocycles. The van der Waals surface area contributed by atoms with Crippen molar-refractivity contribution < 1.29 is 14.6 Å². The maximum atomic E-state index is 12.9. The number of methoxy groups -OCH3 is 1. The highest BCUT2D eigenvalue weighted by atomic mass is 16.5. The lowest BCUT2D eigenvalue weighted by Crippen LogP contribution is -2.22. The Labute approximate surface area is 223 Å². The zero-order chi connectivity index (χ0) is 26.8. The van der Waals surface area contributed by atoms with E-state index in [0.717, 1.165) is 28.1 Å². The second-order valence-electron chi connectivity index (χ2n) is 8.94. The number of fused-ring (bicyclic) bond motifs is 1. The fourth-order valence-corrected chi connectivity index (χ4v) is 4.43. The normalized spacial score (nSPS) is 11.0. The second-order valence-corrected chi connectivity index (χ2v) is 8.94. The summed E-state index contributed by atoms with van der Waals surface area (Å²) in [5.41, 5.74) is 6.59. The molecule has 0 fully saturated rings. The molecule has 0 saturated carbocycles. The Kier molecular flexibility index (Phi) is 6.22. The number of imidazole rings is 1. The topological polar surface area (TPSA) is 129 Å². The van der Waals surface area contributed by atoms with Crippen molar-refractivity contribution in [1.29, 1.82) is 0 Å². The molecule has 0 saturated heterocycles. The predicted octanol–water partition coefficient (Wildman–Crippen LogP) is 5.33. The van der Waals surface area contributed by atoms with Crippen LogP contribution in [0, 0.1) is 0 Å². The van der Waals surface area contributed by atoms with Gasteiger partial charge in [-0.3, -0.25) is 9.89 Å². The third-order valence-corrected chi connectivity index (χ3v) is 6.41. The molecule has 6 aromatic rings. The summed E-state index contributed by atoms with van der Waals surface area (Å²) >= 11 is 0.